The molecule has 0 unspecified atom stereocenters. The van der Waals surface area contributed by atoms with Crippen LogP contribution in [0.3, 0.4) is 0 Å². The smallest absolute Gasteiger partial charge is 0.264 e. The number of nitrogens with zero attached hydrogens (tertiary/aromatic N) is 4. The van der Waals surface area contributed by atoms with E-state index in [1.165, 1.54) is 11.1 Å². The molecule has 0 N–H and O–H groups in total. The first-order chi connectivity index (χ1) is 13.1. The molecular weight excluding hydrogens is 336 g/mol. The number of rotatable bonds is 4. The highest BCUT2D eigenvalue weighted by Crippen LogP contribution is 2.16. The van der Waals surface area contributed by atoms with Crippen LogP contribution in [-0.2, 0) is 13.0 Å². The molecule has 2 aromatic heterocycles. The van der Waals surface area contributed by atoms with Crippen LogP contribution in [0.4, 0.5) is 0 Å². The lowest BCUT2D eigenvalue weighted by molar-refractivity contribution is 0.683. The van der Waals surface area contributed by atoms with Crippen molar-refractivity contribution in [3.63, 3.8) is 0 Å². The Bertz CT molecular complexity index is 1150. The third-order valence-electron chi connectivity index (χ3n) is 4.82. The number of hydrogen-bond donors (Lipinski definition) is 0. The van der Waals surface area contributed by atoms with Gasteiger partial charge in [-0.15, -0.1) is 0 Å². The molecule has 0 aliphatic rings. The lowest BCUT2D eigenvalue weighted by atomic mass is 10.1. The van der Waals surface area contributed by atoms with Crippen LogP contribution >= 0.6 is 0 Å². The molecule has 0 fully saturated rings. The van der Waals surface area contributed by atoms with Crippen molar-refractivity contribution in [1.29, 1.82) is 0 Å². The molecule has 27 heavy (non-hydrogen) atoms. The van der Waals surface area contributed by atoms with Crippen LogP contribution in [-0.4, -0.2) is 19.3 Å². The predicted octanol–water partition coefficient (Wildman–Crippen LogP) is 3.81. The van der Waals surface area contributed by atoms with E-state index in [1.54, 1.807) is 15.4 Å². The summed E-state index contributed by atoms with van der Waals surface area (Å²) in [7, 11) is 0. The van der Waals surface area contributed by atoms with Crippen molar-refractivity contribution in [3.8, 4) is 5.69 Å². The summed E-state index contributed by atoms with van der Waals surface area (Å²) < 4.78 is 3.50. The minimum atomic E-state index is -0.0456. The van der Waals surface area contributed by atoms with E-state index in [9.17, 15) is 4.79 Å². The van der Waals surface area contributed by atoms with Crippen LogP contribution in [0.15, 0.2) is 59.5 Å². The van der Waals surface area contributed by atoms with Gasteiger partial charge in [0.1, 0.15) is 11.2 Å². The topological polar surface area (TPSA) is 52.7 Å². The highest BCUT2D eigenvalue weighted by Gasteiger charge is 2.15. The highest BCUT2D eigenvalue weighted by molar-refractivity contribution is 5.75. The Morgan fingerprint density at radius 1 is 0.926 bits per heavy atom. The predicted molar refractivity (Wildman–Crippen MR) is 108 cm³/mol. The molecule has 0 bridgehead atoms. The Labute approximate surface area is 157 Å². The standard InChI is InChI=1S/C22H22N4O/c1-4-20-24-21-19(13-23-26(21)18-11-7-16(3)8-12-18)22(27)25(20)14-17-9-5-15(2)6-10-17/h5-13H,4,14H2,1-3H3. The molecule has 0 spiro atoms. The molecule has 0 aliphatic heterocycles. The fourth-order valence-corrected chi connectivity index (χ4v) is 3.23. The normalized spacial score (nSPS) is 11.2. The molecule has 2 aromatic carbocycles. The molecule has 136 valence electrons. The largest absolute Gasteiger partial charge is 0.291 e. The van der Waals surface area contributed by atoms with Gasteiger partial charge in [-0.05, 0) is 31.5 Å². The number of benzene rings is 2. The van der Waals surface area contributed by atoms with Gasteiger partial charge in [-0.25, -0.2) is 9.67 Å². The van der Waals surface area contributed by atoms with Crippen LogP contribution < -0.4 is 5.56 Å². The number of fused-ring (bicyclic) bond motifs is 1. The van der Waals surface area contributed by atoms with Gasteiger partial charge in [-0.2, -0.15) is 5.10 Å². The van der Waals surface area contributed by atoms with Crippen LogP contribution in [0.2, 0.25) is 0 Å². The fraction of sp³-hybridized carbons (Fsp3) is 0.227. The molecular formula is C22H22N4O. The molecule has 4 aromatic rings. The van der Waals surface area contributed by atoms with Crippen molar-refractivity contribution in [2.75, 3.05) is 0 Å². The molecule has 5 nitrogen and oxygen atoms in total. The zero-order valence-electron chi connectivity index (χ0n) is 15.8. The van der Waals surface area contributed by atoms with Crippen LogP contribution in [0, 0.1) is 13.8 Å². The lowest BCUT2D eigenvalue weighted by Gasteiger charge is -2.12. The number of aryl methyl sites for hydroxylation is 3. The van der Waals surface area contributed by atoms with Crippen molar-refractivity contribution in [1.82, 2.24) is 19.3 Å². The minimum Gasteiger partial charge on any atom is -0.291 e. The summed E-state index contributed by atoms with van der Waals surface area (Å²) in [5, 5.41) is 4.97. The Balaban J connectivity index is 1.84. The Morgan fingerprint density at radius 2 is 1.56 bits per heavy atom. The Morgan fingerprint density at radius 3 is 2.19 bits per heavy atom. The molecule has 0 saturated heterocycles. The van der Waals surface area contributed by atoms with E-state index >= 15 is 0 Å². The van der Waals surface area contributed by atoms with Crippen molar-refractivity contribution >= 4 is 11.0 Å². The SMILES string of the molecule is CCc1nc2c(cnn2-c2ccc(C)cc2)c(=O)n1Cc1ccc(C)cc1. The molecule has 0 atom stereocenters. The lowest BCUT2D eigenvalue weighted by Crippen LogP contribution is -2.25. The zero-order chi connectivity index (χ0) is 19.0. The maximum Gasteiger partial charge on any atom is 0.264 e. The van der Waals surface area contributed by atoms with Crippen molar-refractivity contribution < 1.29 is 0 Å². The van der Waals surface area contributed by atoms with Gasteiger partial charge in [0.05, 0.1) is 18.4 Å². The summed E-state index contributed by atoms with van der Waals surface area (Å²) >= 11 is 0. The zero-order valence-corrected chi connectivity index (χ0v) is 15.8. The van der Waals surface area contributed by atoms with E-state index in [2.05, 4.69) is 36.3 Å². The Hall–Kier alpha value is -3.21. The highest BCUT2D eigenvalue weighted by atomic mass is 16.1. The van der Waals surface area contributed by atoms with E-state index in [0.717, 1.165) is 17.1 Å². The van der Waals surface area contributed by atoms with Crippen LogP contribution in [0.25, 0.3) is 16.7 Å². The second-order valence-electron chi connectivity index (χ2n) is 6.89. The molecule has 2 heterocycles. The van der Waals surface area contributed by atoms with Crippen molar-refractivity contribution in [3.05, 3.63) is 87.6 Å². The monoisotopic (exact) mass is 358 g/mol. The first kappa shape index (κ1) is 17.2. The summed E-state index contributed by atoms with van der Waals surface area (Å²) in [6.07, 6.45) is 2.30. The quantitative estimate of drug-likeness (QED) is 0.557. The average molecular weight is 358 g/mol. The minimum absolute atomic E-state index is 0.0456. The average Bonchev–Trinajstić information content (AvgIpc) is 3.10. The summed E-state index contributed by atoms with van der Waals surface area (Å²) in [6.45, 7) is 6.63. The van der Waals surface area contributed by atoms with Gasteiger partial charge in [0.2, 0.25) is 0 Å². The van der Waals surface area contributed by atoms with Crippen molar-refractivity contribution in [2.24, 2.45) is 0 Å². The van der Waals surface area contributed by atoms with Gasteiger partial charge in [0.25, 0.3) is 5.56 Å². The molecule has 0 radical (unpaired) electrons. The summed E-state index contributed by atoms with van der Waals surface area (Å²) in [4.78, 5) is 17.9. The van der Waals surface area contributed by atoms with Gasteiger partial charge in [0, 0.05) is 6.42 Å². The maximum atomic E-state index is 13.1. The summed E-state index contributed by atoms with van der Waals surface area (Å²) in [5.74, 6) is 0.766. The van der Waals surface area contributed by atoms with E-state index in [4.69, 9.17) is 4.98 Å². The van der Waals surface area contributed by atoms with Gasteiger partial charge in [0.15, 0.2) is 5.65 Å². The summed E-state index contributed by atoms with van der Waals surface area (Å²) in [5.41, 5.74) is 4.94. The van der Waals surface area contributed by atoms with Crippen LogP contribution in [0.5, 0.6) is 0 Å². The van der Waals surface area contributed by atoms with E-state index in [0.29, 0.717) is 24.0 Å². The maximum absolute atomic E-state index is 13.1. The van der Waals surface area contributed by atoms with Crippen LogP contribution in [0.1, 0.15) is 29.4 Å². The van der Waals surface area contributed by atoms with Gasteiger partial charge < -0.3 is 0 Å². The van der Waals surface area contributed by atoms with Gasteiger partial charge in [-0.3, -0.25) is 9.36 Å². The third-order valence-corrected chi connectivity index (χ3v) is 4.82. The fourth-order valence-electron chi connectivity index (χ4n) is 3.23. The Kier molecular flexibility index (Phi) is 4.36. The second kappa shape index (κ2) is 6.83. The first-order valence-electron chi connectivity index (χ1n) is 9.17. The second-order valence-corrected chi connectivity index (χ2v) is 6.89. The number of hydrogen-bond acceptors (Lipinski definition) is 3. The van der Waals surface area contributed by atoms with E-state index in [-0.39, 0.29) is 5.56 Å². The molecule has 0 amide bonds. The molecule has 0 aliphatic carbocycles. The van der Waals surface area contributed by atoms with Gasteiger partial charge in [-0.1, -0.05) is 54.4 Å². The molecule has 5 heteroatoms. The number of aromatic nitrogens is 4. The van der Waals surface area contributed by atoms with Gasteiger partial charge >= 0.3 is 0 Å². The van der Waals surface area contributed by atoms with E-state index in [1.807, 2.05) is 38.1 Å². The summed E-state index contributed by atoms with van der Waals surface area (Å²) in [6, 6.07) is 16.3. The molecule has 0 saturated carbocycles. The van der Waals surface area contributed by atoms with E-state index < -0.39 is 0 Å². The van der Waals surface area contributed by atoms with Crippen molar-refractivity contribution in [2.45, 2.75) is 33.7 Å². The third kappa shape index (κ3) is 3.16. The first-order valence-corrected chi connectivity index (χ1v) is 9.17. The molecule has 4 rings (SSSR count).